The lowest BCUT2D eigenvalue weighted by atomic mass is 10.1. The Morgan fingerprint density at radius 3 is 2.83 bits per heavy atom. The first-order valence-electron chi connectivity index (χ1n) is 6.34. The monoisotopic (exact) mass is 311 g/mol. The highest BCUT2D eigenvalue weighted by Crippen LogP contribution is 2.28. The van der Waals surface area contributed by atoms with Crippen LogP contribution >= 0.6 is 15.9 Å². The Balaban J connectivity index is 2.84. The molecule has 2 nitrogen and oxygen atoms in total. The van der Waals surface area contributed by atoms with Crippen molar-refractivity contribution in [2.45, 2.75) is 33.2 Å². The molecule has 0 fully saturated rings. The smallest absolute Gasteiger partial charge is 0.124 e. The molecule has 3 heteroatoms. The van der Waals surface area contributed by atoms with E-state index in [-0.39, 0.29) is 6.04 Å². The van der Waals surface area contributed by atoms with Gasteiger partial charge in [0.1, 0.15) is 12.4 Å². The topological polar surface area (TPSA) is 21.3 Å². The zero-order chi connectivity index (χ0) is 13.5. The van der Waals surface area contributed by atoms with Gasteiger partial charge in [0.25, 0.3) is 0 Å². The van der Waals surface area contributed by atoms with Gasteiger partial charge in [-0.25, -0.2) is 0 Å². The third-order valence-electron chi connectivity index (χ3n) is 2.61. The van der Waals surface area contributed by atoms with Crippen LogP contribution in [0, 0.1) is 0 Å². The lowest BCUT2D eigenvalue weighted by molar-refractivity contribution is 0.344. The molecule has 0 aromatic heterocycles. The maximum atomic E-state index is 5.79. The van der Waals surface area contributed by atoms with Crippen LogP contribution in [-0.2, 0) is 0 Å². The van der Waals surface area contributed by atoms with E-state index in [1.54, 1.807) is 0 Å². The van der Waals surface area contributed by atoms with Crippen molar-refractivity contribution in [1.82, 2.24) is 5.32 Å². The Labute approximate surface area is 119 Å². The number of halogens is 1. The third-order valence-corrected chi connectivity index (χ3v) is 3.11. The van der Waals surface area contributed by atoms with Gasteiger partial charge in [-0.1, -0.05) is 29.4 Å². The summed E-state index contributed by atoms with van der Waals surface area (Å²) < 4.78 is 6.87. The Hall–Kier alpha value is -0.800. The van der Waals surface area contributed by atoms with Crippen molar-refractivity contribution in [3.63, 3.8) is 0 Å². The molecular formula is C15H22BrNO. The average Bonchev–Trinajstić information content (AvgIpc) is 2.34. The first-order chi connectivity index (χ1) is 8.54. The summed E-state index contributed by atoms with van der Waals surface area (Å²) >= 11 is 3.51. The van der Waals surface area contributed by atoms with Crippen LogP contribution in [0.15, 0.2) is 34.8 Å². The summed E-state index contributed by atoms with van der Waals surface area (Å²) in [7, 11) is 0. The molecule has 0 heterocycles. The normalized spacial score (nSPS) is 12.2. The van der Waals surface area contributed by atoms with E-state index in [2.05, 4.69) is 47.7 Å². The fraction of sp³-hybridized carbons (Fsp3) is 0.467. The molecule has 1 atom stereocenters. The molecule has 0 bridgehead atoms. The van der Waals surface area contributed by atoms with Crippen LogP contribution in [0.3, 0.4) is 0 Å². The minimum absolute atomic E-state index is 0.280. The molecule has 0 amide bonds. The number of hydrogen-bond donors (Lipinski definition) is 1. The van der Waals surface area contributed by atoms with Gasteiger partial charge in [0, 0.05) is 16.1 Å². The summed E-state index contributed by atoms with van der Waals surface area (Å²) in [4.78, 5) is 0. The van der Waals surface area contributed by atoms with Crippen LogP contribution < -0.4 is 10.1 Å². The van der Waals surface area contributed by atoms with E-state index >= 15 is 0 Å². The molecule has 0 saturated heterocycles. The maximum Gasteiger partial charge on any atom is 0.124 e. The lowest BCUT2D eigenvalue weighted by Crippen LogP contribution is -2.20. The van der Waals surface area contributed by atoms with E-state index in [0.717, 1.165) is 28.8 Å². The largest absolute Gasteiger partial charge is 0.489 e. The van der Waals surface area contributed by atoms with Crippen molar-refractivity contribution in [1.29, 1.82) is 0 Å². The fourth-order valence-corrected chi connectivity index (χ4v) is 2.04. The van der Waals surface area contributed by atoms with E-state index in [1.807, 2.05) is 19.1 Å². The van der Waals surface area contributed by atoms with Crippen molar-refractivity contribution >= 4 is 15.9 Å². The van der Waals surface area contributed by atoms with Crippen LogP contribution in [0.4, 0.5) is 0 Å². The van der Waals surface area contributed by atoms with Gasteiger partial charge >= 0.3 is 0 Å². The Morgan fingerprint density at radius 2 is 2.22 bits per heavy atom. The van der Waals surface area contributed by atoms with Gasteiger partial charge in [-0.2, -0.15) is 0 Å². The van der Waals surface area contributed by atoms with Gasteiger partial charge in [0.2, 0.25) is 0 Å². The first kappa shape index (κ1) is 15.3. The quantitative estimate of drug-likeness (QED) is 0.750. The van der Waals surface area contributed by atoms with E-state index in [1.165, 1.54) is 5.56 Å². The minimum atomic E-state index is 0.280. The lowest BCUT2D eigenvalue weighted by Gasteiger charge is -2.18. The van der Waals surface area contributed by atoms with E-state index in [0.29, 0.717) is 6.61 Å². The summed E-state index contributed by atoms with van der Waals surface area (Å²) in [5.41, 5.74) is 2.21. The summed E-state index contributed by atoms with van der Waals surface area (Å²) in [5, 5.41) is 3.48. The van der Waals surface area contributed by atoms with Crippen LogP contribution in [0.5, 0.6) is 5.75 Å². The standard InChI is InChI=1S/C15H22BrNO/c1-5-8-17-12(4)14-9-13(16)6-7-15(14)18-10-11(2)3/h6-7,9,12,17H,2,5,8,10H2,1,3-4H3. The van der Waals surface area contributed by atoms with Crippen molar-refractivity contribution in [3.8, 4) is 5.75 Å². The molecule has 0 radical (unpaired) electrons. The minimum Gasteiger partial charge on any atom is -0.489 e. The first-order valence-corrected chi connectivity index (χ1v) is 7.14. The van der Waals surface area contributed by atoms with E-state index in [4.69, 9.17) is 4.74 Å². The van der Waals surface area contributed by atoms with E-state index in [9.17, 15) is 0 Å². The molecule has 0 spiro atoms. The Kier molecular flexibility index (Phi) is 6.44. The third kappa shape index (κ3) is 4.83. The second kappa shape index (κ2) is 7.59. The fourth-order valence-electron chi connectivity index (χ4n) is 1.66. The summed E-state index contributed by atoms with van der Waals surface area (Å²) in [5.74, 6) is 0.928. The molecule has 1 aromatic rings. The molecule has 100 valence electrons. The second-order valence-electron chi connectivity index (χ2n) is 4.60. The van der Waals surface area contributed by atoms with Crippen molar-refractivity contribution in [2.75, 3.05) is 13.2 Å². The van der Waals surface area contributed by atoms with Gasteiger partial charge in [0.05, 0.1) is 0 Å². The predicted molar refractivity (Wildman–Crippen MR) is 81.2 cm³/mol. The molecule has 18 heavy (non-hydrogen) atoms. The predicted octanol–water partition coefficient (Wildman–Crippen LogP) is 4.46. The molecule has 1 unspecified atom stereocenters. The molecule has 0 aliphatic carbocycles. The van der Waals surface area contributed by atoms with Crippen molar-refractivity contribution in [3.05, 3.63) is 40.4 Å². The zero-order valence-electron chi connectivity index (χ0n) is 11.4. The number of benzene rings is 1. The van der Waals surface area contributed by atoms with Crippen LogP contribution in [0.25, 0.3) is 0 Å². The van der Waals surface area contributed by atoms with Crippen molar-refractivity contribution < 1.29 is 4.74 Å². The van der Waals surface area contributed by atoms with E-state index < -0.39 is 0 Å². The molecule has 1 aromatic carbocycles. The highest BCUT2D eigenvalue weighted by molar-refractivity contribution is 9.10. The number of nitrogens with one attached hydrogen (secondary N) is 1. The van der Waals surface area contributed by atoms with Gasteiger partial charge in [-0.05, 0) is 50.6 Å². The van der Waals surface area contributed by atoms with Gasteiger partial charge in [-0.3, -0.25) is 0 Å². The summed E-state index contributed by atoms with van der Waals surface area (Å²) in [6.07, 6.45) is 1.13. The van der Waals surface area contributed by atoms with Gasteiger partial charge in [-0.15, -0.1) is 0 Å². The SMILES string of the molecule is C=C(C)COc1ccc(Br)cc1C(C)NCCC. The van der Waals surface area contributed by atoms with Crippen LogP contribution in [0.1, 0.15) is 38.8 Å². The molecule has 1 rings (SSSR count). The zero-order valence-corrected chi connectivity index (χ0v) is 13.0. The Morgan fingerprint density at radius 1 is 1.50 bits per heavy atom. The highest BCUT2D eigenvalue weighted by Gasteiger charge is 2.11. The number of rotatable bonds is 7. The highest BCUT2D eigenvalue weighted by atomic mass is 79.9. The van der Waals surface area contributed by atoms with Gasteiger partial charge < -0.3 is 10.1 Å². The number of hydrogen-bond acceptors (Lipinski definition) is 2. The van der Waals surface area contributed by atoms with Crippen molar-refractivity contribution in [2.24, 2.45) is 0 Å². The summed E-state index contributed by atoms with van der Waals surface area (Å²) in [6.45, 7) is 11.7. The molecule has 0 aliphatic rings. The number of ether oxygens (including phenoxy) is 1. The van der Waals surface area contributed by atoms with Crippen LogP contribution in [0.2, 0.25) is 0 Å². The summed E-state index contributed by atoms with van der Waals surface area (Å²) in [6, 6.07) is 6.40. The van der Waals surface area contributed by atoms with Gasteiger partial charge in [0.15, 0.2) is 0 Å². The average molecular weight is 312 g/mol. The Bertz CT molecular complexity index is 403. The molecular weight excluding hydrogens is 290 g/mol. The van der Waals surface area contributed by atoms with Crippen LogP contribution in [-0.4, -0.2) is 13.2 Å². The molecule has 1 N–H and O–H groups in total. The molecule has 0 aliphatic heterocycles. The second-order valence-corrected chi connectivity index (χ2v) is 5.52. The maximum absolute atomic E-state index is 5.79. The molecule has 0 saturated carbocycles.